The van der Waals surface area contributed by atoms with Crippen molar-refractivity contribution < 1.29 is 23.1 Å². The van der Waals surface area contributed by atoms with E-state index in [1.807, 2.05) is 0 Å². The summed E-state index contributed by atoms with van der Waals surface area (Å²) in [6.07, 6.45) is 2.61. The number of ether oxygens (including phenoxy) is 1. The number of rotatable bonds is 3. The summed E-state index contributed by atoms with van der Waals surface area (Å²) >= 11 is 6.03. The predicted molar refractivity (Wildman–Crippen MR) is 107 cm³/mol. The summed E-state index contributed by atoms with van der Waals surface area (Å²) in [7, 11) is 1.51. The topological polar surface area (TPSA) is 97.3 Å². The lowest BCUT2D eigenvalue weighted by Gasteiger charge is -2.19. The molecule has 1 aliphatic heterocycles. The molecule has 0 aliphatic carbocycles. The van der Waals surface area contributed by atoms with Gasteiger partial charge >= 0.3 is 0 Å². The molecule has 31 heavy (non-hydrogen) atoms. The molecule has 8 nitrogen and oxygen atoms in total. The zero-order valence-corrected chi connectivity index (χ0v) is 16.7. The van der Waals surface area contributed by atoms with Gasteiger partial charge in [0.05, 0.1) is 16.9 Å². The van der Waals surface area contributed by atoms with E-state index in [2.05, 4.69) is 20.3 Å². The molecule has 1 aliphatic rings. The maximum absolute atomic E-state index is 14.2. The summed E-state index contributed by atoms with van der Waals surface area (Å²) in [5.41, 5.74) is -0.382. The molecule has 2 amide bonds. The number of carbonyl (C=O) groups is 2. The van der Waals surface area contributed by atoms with Crippen molar-refractivity contribution in [3.63, 3.8) is 0 Å². The quantitative estimate of drug-likeness (QED) is 0.665. The Bertz CT molecular complexity index is 1190. The number of fused-ring (bicyclic) bond motifs is 1. The minimum atomic E-state index is -1.06. The lowest BCUT2D eigenvalue weighted by molar-refractivity contribution is -0.120. The van der Waals surface area contributed by atoms with Crippen LogP contribution >= 0.6 is 11.6 Å². The molecule has 0 bridgehead atoms. The van der Waals surface area contributed by atoms with E-state index in [0.717, 1.165) is 24.4 Å². The Hall–Kier alpha value is -3.66. The van der Waals surface area contributed by atoms with Crippen LogP contribution < -0.4 is 15.0 Å². The number of nitrogens with zero attached hydrogens (tertiary/aromatic N) is 4. The Morgan fingerprint density at radius 1 is 1.29 bits per heavy atom. The maximum atomic E-state index is 14.2. The van der Waals surface area contributed by atoms with E-state index in [1.165, 1.54) is 18.1 Å². The van der Waals surface area contributed by atoms with Crippen molar-refractivity contribution in [1.82, 2.24) is 20.3 Å². The van der Waals surface area contributed by atoms with Gasteiger partial charge in [-0.05, 0) is 30.3 Å². The molecule has 3 heterocycles. The van der Waals surface area contributed by atoms with Gasteiger partial charge in [0, 0.05) is 18.8 Å². The van der Waals surface area contributed by atoms with Gasteiger partial charge in [0.25, 0.3) is 11.8 Å². The van der Waals surface area contributed by atoms with Crippen molar-refractivity contribution in [2.45, 2.75) is 6.04 Å². The molecule has 0 fully saturated rings. The first-order chi connectivity index (χ1) is 14.8. The highest BCUT2D eigenvalue weighted by Crippen LogP contribution is 2.29. The van der Waals surface area contributed by atoms with Crippen molar-refractivity contribution in [3.8, 4) is 17.0 Å². The second kappa shape index (κ2) is 8.23. The molecule has 1 N–H and O–H groups in total. The minimum absolute atomic E-state index is 0.0730. The highest BCUT2D eigenvalue weighted by atomic mass is 35.5. The smallest absolute Gasteiger partial charge is 0.289 e. The Morgan fingerprint density at radius 2 is 2.10 bits per heavy atom. The fourth-order valence-electron chi connectivity index (χ4n) is 3.00. The number of likely N-dealkylation sites (N-methyl/N-ethyl adjacent to an activating group) is 1. The molecule has 0 spiro atoms. The van der Waals surface area contributed by atoms with Crippen molar-refractivity contribution in [1.29, 1.82) is 0 Å². The number of amides is 2. The molecule has 1 atom stereocenters. The standard InChI is InChI=1S/C20H14ClF2N5O3/c1-28-18-15(3-2-6-24-18)31-9-14(20(28)30)26-19(29)17-25-8-12(21)16(27-17)11-7-10(22)4-5-13(11)23/h2-8,14H,9H2,1H3,(H,26,29)/t14-/m0/s1. The number of anilines is 1. The van der Waals surface area contributed by atoms with Gasteiger partial charge in [0.2, 0.25) is 5.82 Å². The van der Waals surface area contributed by atoms with Crippen LogP contribution in [0.4, 0.5) is 14.6 Å². The molecular weight excluding hydrogens is 432 g/mol. The number of nitrogens with one attached hydrogen (secondary N) is 1. The summed E-state index contributed by atoms with van der Waals surface area (Å²) in [4.78, 5) is 38.6. The summed E-state index contributed by atoms with van der Waals surface area (Å²) in [5, 5.41) is 2.42. The molecule has 0 saturated heterocycles. The third-order valence-corrected chi connectivity index (χ3v) is 4.82. The van der Waals surface area contributed by atoms with E-state index < -0.39 is 29.5 Å². The Labute approximate surface area is 179 Å². The normalized spacial score (nSPS) is 15.7. The summed E-state index contributed by atoms with van der Waals surface area (Å²) in [6.45, 7) is -0.146. The van der Waals surface area contributed by atoms with Gasteiger partial charge in [-0.2, -0.15) is 0 Å². The second-order valence-corrected chi connectivity index (χ2v) is 6.98. The zero-order chi connectivity index (χ0) is 22.1. The fraction of sp³-hybridized carbons (Fsp3) is 0.150. The first-order valence-corrected chi connectivity index (χ1v) is 9.37. The molecular formula is C20H14ClF2N5O3. The van der Waals surface area contributed by atoms with E-state index in [1.54, 1.807) is 12.1 Å². The lowest BCUT2D eigenvalue weighted by atomic mass is 10.1. The molecule has 3 aromatic rings. The largest absolute Gasteiger partial charge is 0.487 e. The van der Waals surface area contributed by atoms with Gasteiger partial charge < -0.3 is 10.1 Å². The molecule has 1 aromatic carbocycles. The predicted octanol–water partition coefficient (Wildman–Crippen LogP) is 2.62. The summed E-state index contributed by atoms with van der Waals surface area (Å²) in [5.74, 6) is -2.42. The molecule has 0 saturated carbocycles. The summed E-state index contributed by atoms with van der Waals surface area (Å²) in [6, 6.07) is 5.03. The van der Waals surface area contributed by atoms with Crippen molar-refractivity contribution in [3.05, 3.63) is 65.2 Å². The monoisotopic (exact) mass is 445 g/mol. The molecule has 158 valence electrons. The van der Waals surface area contributed by atoms with Gasteiger partial charge in [-0.15, -0.1) is 0 Å². The van der Waals surface area contributed by atoms with Crippen molar-refractivity contribution in [2.24, 2.45) is 0 Å². The van der Waals surface area contributed by atoms with E-state index in [9.17, 15) is 18.4 Å². The van der Waals surface area contributed by atoms with E-state index >= 15 is 0 Å². The van der Waals surface area contributed by atoms with Crippen LogP contribution in [-0.2, 0) is 4.79 Å². The van der Waals surface area contributed by atoms with E-state index in [-0.39, 0.29) is 28.7 Å². The van der Waals surface area contributed by atoms with Gasteiger partial charge in [0.15, 0.2) is 11.6 Å². The maximum Gasteiger partial charge on any atom is 0.289 e. The summed E-state index contributed by atoms with van der Waals surface area (Å²) < 4.78 is 33.3. The Kier molecular flexibility index (Phi) is 5.47. The zero-order valence-electron chi connectivity index (χ0n) is 16.0. The highest BCUT2D eigenvalue weighted by molar-refractivity contribution is 6.33. The molecule has 0 unspecified atom stereocenters. The Balaban J connectivity index is 1.60. The first-order valence-electron chi connectivity index (χ1n) is 8.99. The fourth-order valence-corrected chi connectivity index (χ4v) is 3.19. The van der Waals surface area contributed by atoms with Crippen LogP contribution in [0, 0.1) is 11.6 Å². The molecule has 0 radical (unpaired) electrons. The number of halogens is 3. The Morgan fingerprint density at radius 3 is 2.90 bits per heavy atom. The van der Waals surface area contributed by atoms with E-state index in [0.29, 0.717) is 11.6 Å². The third kappa shape index (κ3) is 4.02. The first kappa shape index (κ1) is 20.6. The second-order valence-electron chi connectivity index (χ2n) is 6.57. The average Bonchev–Trinajstić information content (AvgIpc) is 2.88. The number of carbonyl (C=O) groups excluding carboxylic acids is 2. The number of aromatic nitrogens is 3. The molecule has 2 aromatic heterocycles. The highest BCUT2D eigenvalue weighted by Gasteiger charge is 2.32. The number of hydrogen-bond acceptors (Lipinski definition) is 6. The van der Waals surface area contributed by atoms with Crippen molar-refractivity contribution in [2.75, 3.05) is 18.6 Å². The third-order valence-electron chi connectivity index (χ3n) is 4.54. The van der Waals surface area contributed by atoms with Gasteiger partial charge in [0.1, 0.15) is 24.3 Å². The van der Waals surface area contributed by atoms with Gasteiger partial charge in [-0.3, -0.25) is 14.5 Å². The van der Waals surface area contributed by atoms with Gasteiger partial charge in [-0.25, -0.2) is 23.7 Å². The van der Waals surface area contributed by atoms with Crippen LogP contribution in [0.5, 0.6) is 5.75 Å². The number of benzene rings is 1. The van der Waals surface area contributed by atoms with E-state index in [4.69, 9.17) is 16.3 Å². The van der Waals surface area contributed by atoms with Crippen LogP contribution in [0.25, 0.3) is 11.3 Å². The lowest BCUT2D eigenvalue weighted by Crippen LogP contribution is -2.49. The number of pyridine rings is 1. The van der Waals surface area contributed by atoms with Gasteiger partial charge in [-0.1, -0.05) is 11.6 Å². The molecule has 11 heteroatoms. The van der Waals surface area contributed by atoms with Crippen LogP contribution in [0.1, 0.15) is 10.6 Å². The van der Waals surface area contributed by atoms with Crippen LogP contribution in [0.15, 0.2) is 42.7 Å². The van der Waals surface area contributed by atoms with Crippen molar-refractivity contribution >= 4 is 29.2 Å². The SMILES string of the molecule is CN1C(=O)[C@@H](NC(=O)c2ncc(Cl)c(-c3cc(F)ccc3F)n2)COc2cccnc21. The minimum Gasteiger partial charge on any atom is -0.487 e. The number of hydrogen-bond donors (Lipinski definition) is 1. The average molecular weight is 446 g/mol. The van der Waals surface area contributed by atoms with Crippen LogP contribution in [-0.4, -0.2) is 46.5 Å². The van der Waals surface area contributed by atoms with Crippen LogP contribution in [0.3, 0.4) is 0 Å². The van der Waals surface area contributed by atoms with Crippen LogP contribution in [0.2, 0.25) is 5.02 Å². The molecule has 4 rings (SSSR count).